The molecule has 0 aliphatic rings. The lowest BCUT2D eigenvalue weighted by Crippen LogP contribution is -2.03. The third-order valence-corrected chi connectivity index (χ3v) is 1.81. The van der Waals surface area contributed by atoms with Crippen LogP contribution in [0.3, 0.4) is 0 Å². The number of nitrogens with zero attached hydrogens (tertiary/aromatic N) is 2. The van der Waals surface area contributed by atoms with Crippen LogP contribution in [0.15, 0.2) is 12.4 Å². The van der Waals surface area contributed by atoms with Crippen LogP contribution in [0.1, 0.15) is 32.9 Å². The predicted octanol–water partition coefficient (Wildman–Crippen LogP) is 3.22. The molecule has 0 fully saturated rings. The van der Waals surface area contributed by atoms with Gasteiger partial charge in [0.1, 0.15) is 5.82 Å². The summed E-state index contributed by atoms with van der Waals surface area (Å²) in [5.74, 6) is 1.13. The van der Waals surface area contributed by atoms with Gasteiger partial charge in [-0.15, -0.1) is 0 Å². The predicted molar refractivity (Wildman–Crippen MR) is 61.3 cm³/mol. The van der Waals surface area contributed by atoms with Gasteiger partial charge in [0.15, 0.2) is 0 Å². The summed E-state index contributed by atoms with van der Waals surface area (Å²) in [5, 5.41) is 0. The summed E-state index contributed by atoms with van der Waals surface area (Å²) in [5.41, 5.74) is 6.50. The second-order valence-electron chi connectivity index (χ2n) is 3.95. The molecule has 1 aromatic heterocycles. The van der Waals surface area contributed by atoms with Crippen LogP contribution < -0.4 is 5.73 Å². The number of rotatable bonds is 2. The normalized spacial score (nSPS) is 11.0. The van der Waals surface area contributed by atoms with Gasteiger partial charge in [0.05, 0.1) is 5.69 Å². The van der Waals surface area contributed by atoms with Crippen LogP contribution in [0.4, 0.5) is 19.0 Å². The molecule has 1 heterocycles. The largest absolute Gasteiger partial charge is 0.388 e. The van der Waals surface area contributed by atoms with Gasteiger partial charge in [-0.05, 0) is 12.3 Å². The van der Waals surface area contributed by atoms with Crippen LogP contribution in [-0.4, -0.2) is 16.1 Å². The number of nitrogens with two attached hydrogens (primary N) is 1. The molecule has 17 heavy (non-hydrogen) atoms. The zero-order valence-electron chi connectivity index (χ0n) is 10.3. The molecule has 6 heteroatoms. The summed E-state index contributed by atoms with van der Waals surface area (Å²) < 4.78 is 32.4. The number of hydrogen-bond donors (Lipinski definition) is 1. The van der Waals surface area contributed by atoms with E-state index in [2.05, 4.69) is 23.8 Å². The SMILES string of the molecule is CC(C)Cc1nccnc1N.CCC(F)(F)F. The molecule has 0 aromatic carbocycles. The van der Waals surface area contributed by atoms with Crippen molar-refractivity contribution in [1.29, 1.82) is 0 Å². The van der Waals surface area contributed by atoms with Crippen LogP contribution in [0, 0.1) is 5.92 Å². The fourth-order valence-corrected chi connectivity index (χ4v) is 0.922. The molecular formula is C11H18F3N3. The van der Waals surface area contributed by atoms with E-state index in [-0.39, 0.29) is 0 Å². The highest BCUT2D eigenvalue weighted by molar-refractivity contribution is 5.32. The fraction of sp³-hybridized carbons (Fsp3) is 0.636. The van der Waals surface area contributed by atoms with Gasteiger partial charge in [-0.25, -0.2) is 4.98 Å². The second kappa shape index (κ2) is 7.09. The summed E-state index contributed by atoms with van der Waals surface area (Å²) in [4.78, 5) is 8.08. The molecule has 2 N–H and O–H groups in total. The van der Waals surface area contributed by atoms with Crippen LogP contribution in [-0.2, 0) is 6.42 Å². The molecule has 3 nitrogen and oxygen atoms in total. The zero-order chi connectivity index (χ0) is 13.5. The van der Waals surface area contributed by atoms with E-state index in [0.29, 0.717) is 11.7 Å². The number of alkyl halides is 3. The Morgan fingerprint density at radius 1 is 1.24 bits per heavy atom. The lowest BCUT2D eigenvalue weighted by atomic mass is 10.1. The van der Waals surface area contributed by atoms with Crippen molar-refractivity contribution in [2.24, 2.45) is 5.92 Å². The van der Waals surface area contributed by atoms with Crippen molar-refractivity contribution in [1.82, 2.24) is 9.97 Å². The molecular weight excluding hydrogens is 231 g/mol. The number of nitrogen functional groups attached to an aromatic ring is 1. The first-order valence-electron chi connectivity index (χ1n) is 5.38. The highest BCUT2D eigenvalue weighted by atomic mass is 19.4. The number of halogens is 3. The average Bonchev–Trinajstić information content (AvgIpc) is 2.21. The number of hydrogen-bond acceptors (Lipinski definition) is 3. The molecule has 1 aromatic rings. The van der Waals surface area contributed by atoms with Crippen molar-refractivity contribution in [2.45, 2.75) is 39.8 Å². The highest BCUT2D eigenvalue weighted by Crippen LogP contribution is 2.17. The zero-order valence-corrected chi connectivity index (χ0v) is 10.3. The van der Waals surface area contributed by atoms with Crippen LogP contribution in [0.2, 0.25) is 0 Å². The van der Waals surface area contributed by atoms with E-state index in [4.69, 9.17) is 5.73 Å². The van der Waals surface area contributed by atoms with E-state index in [9.17, 15) is 13.2 Å². The van der Waals surface area contributed by atoms with Gasteiger partial charge >= 0.3 is 6.18 Å². The maximum absolute atomic E-state index is 10.8. The Hall–Kier alpha value is -1.33. The van der Waals surface area contributed by atoms with Gasteiger partial charge < -0.3 is 5.73 Å². The van der Waals surface area contributed by atoms with Crippen LogP contribution in [0.5, 0.6) is 0 Å². The summed E-state index contributed by atoms with van der Waals surface area (Å²) in [6, 6.07) is 0. The molecule has 0 amide bonds. The van der Waals surface area contributed by atoms with Crippen molar-refractivity contribution in [3.8, 4) is 0 Å². The third-order valence-electron chi connectivity index (χ3n) is 1.81. The van der Waals surface area contributed by atoms with Crippen LogP contribution in [0.25, 0.3) is 0 Å². The molecule has 0 bridgehead atoms. The van der Waals surface area contributed by atoms with E-state index in [1.807, 2.05) is 0 Å². The maximum Gasteiger partial charge on any atom is 0.388 e. The molecule has 0 aliphatic heterocycles. The second-order valence-corrected chi connectivity index (χ2v) is 3.95. The van der Waals surface area contributed by atoms with E-state index in [0.717, 1.165) is 19.0 Å². The Balaban J connectivity index is 0.000000366. The summed E-state index contributed by atoms with van der Waals surface area (Å²) >= 11 is 0. The lowest BCUT2D eigenvalue weighted by Gasteiger charge is -2.04. The van der Waals surface area contributed by atoms with E-state index in [1.54, 1.807) is 12.4 Å². The Bertz CT molecular complexity index is 324. The van der Waals surface area contributed by atoms with E-state index in [1.165, 1.54) is 0 Å². The maximum atomic E-state index is 10.8. The summed E-state index contributed by atoms with van der Waals surface area (Å²) in [7, 11) is 0. The van der Waals surface area contributed by atoms with Crippen molar-refractivity contribution in [2.75, 3.05) is 5.73 Å². The number of aromatic nitrogens is 2. The standard InChI is InChI=1S/C8H13N3.C3H5F3/c1-6(2)5-7-8(9)11-4-3-10-7;1-2-3(4,5)6/h3-4,6H,5H2,1-2H3,(H2,9,11);2H2,1H3. The van der Waals surface area contributed by atoms with Crippen molar-refractivity contribution in [3.63, 3.8) is 0 Å². The molecule has 0 radical (unpaired) electrons. The van der Waals surface area contributed by atoms with Gasteiger partial charge in [-0.3, -0.25) is 4.98 Å². The van der Waals surface area contributed by atoms with Gasteiger partial charge in [-0.1, -0.05) is 20.8 Å². The van der Waals surface area contributed by atoms with Gasteiger partial charge in [0.2, 0.25) is 0 Å². The Labute approximate surface area is 99.3 Å². The Morgan fingerprint density at radius 3 is 2.06 bits per heavy atom. The Kier molecular flexibility index (Phi) is 6.53. The van der Waals surface area contributed by atoms with Gasteiger partial charge in [0.25, 0.3) is 0 Å². The number of anilines is 1. The molecule has 0 saturated carbocycles. The monoisotopic (exact) mass is 249 g/mol. The third kappa shape index (κ3) is 8.47. The molecule has 0 aliphatic carbocycles. The minimum absolute atomic E-state index is 0.557. The fourth-order valence-electron chi connectivity index (χ4n) is 0.922. The van der Waals surface area contributed by atoms with Gasteiger partial charge in [-0.2, -0.15) is 13.2 Å². The molecule has 0 spiro atoms. The minimum Gasteiger partial charge on any atom is -0.382 e. The Morgan fingerprint density at radius 2 is 1.71 bits per heavy atom. The molecule has 0 atom stereocenters. The first-order chi connectivity index (χ1) is 7.76. The van der Waals surface area contributed by atoms with Crippen molar-refractivity contribution in [3.05, 3.63) is 18.1 Å². The summed E-state index contributed by atoms with van der Waals surface area (Å²) in [6.45, 7) is 5.35. The smallest absolute Gasteiger partial charge is 0.382 e. The lowest BCUT2D eigenvalue weighted by molar-refractivity contribution is -0.130. The molecule has 0 saturated heterocycles. The van der Waals surface area contributed by atoms with E-state index >= 15 is 0 Å². The first-order valence-corrected chi connectivity index (χ1v) is 5.38. The van der Waals surface area contributed by atoms with Crippen LogP contribution >= 0.6 is 0 Å². The van der Waals surface area contributed by atoms with E-state index < -0.39 is 12.6 Å². The van der Waals surface area contributed by atoms with Crippen molar-refractivity contribution < 1.29 is 13.2 Å². The average molecular weight is 249 g/mol. The molecule has 1 rings (SSSR count). The molecule has 98 valence electrons. The van der Waals surface area contributed by atoms with Gasteiger partial charge in [0, 0.05) is 18.8 Å². The highest BCUT2D eigenvalue weighted by Gasteiger charge is 2.22. The van der Waals surface area contributed by atoms with Crippen molar-refractivity contribution >= 4 is 5.82 Å². The quantitative estimate of drug-likeness (QED) is 0.875. The molecule has 0 unspecified atom stereocenters. The first kappa shape index (κ1) is 15.7. The minimum atomic E-state index is -3.96. The summed E-state index contributed by atoms with van der Waals surface area (Å²) in [6.07, 6.45) is -0.500. The topological polar surface area (TPSA) is 51.8 Å².